The molecule has 4 aliphatic heterocycles. The number of fused-ring (bicyclic) bond motifs is 7. The van der Waals surface area contributed by atoms with Crippen molar-refractivity contribution in [2.45, 2.75) is 51.6 Å². The van der Waals surface area contributed by atoms with Crippen LogP contribution in [0.15, 0.2) is 72.8 Å². The lowest BCUT2D eigenvalue weighted by Crippen LogP contribution is -2.73. The van der Waals surface area contributed by atoms with Crippen LogP contribution in [0, 0.1) is 10.8 Å². The average Bonchev–Trinajstić information content (AvgIpc) is 3.39. The van der Waals surface area contributed by atoms with Gasteiger partial charge in [0.1, 0.15) is 34.5 Å². The molecule has 4 heterocycles. The Hall–Kier alpha value is -5.30. The third kappa shape index (κ3) is 4.22. The predicted molar refractivity (Wildman–Crippen MR) is 176 cm³/mol. The maximum atomic E-state index is 13.4. The smallest absolute Gasteiger partial charge is 0.340 e. The van der Waals surface area contributed by atoms with Crippen molar-refractivity contribution < 1.29 is 53.6 Å². The highest BCUT2D eigenvalue weighted by molar-refractivity contribution is 6.00. The summed E-state index contributed by atoms with van der Waals surface area (Å²) in [5.74, 6) is -1.92. The maximum absolute atomic E-state index is 13.4. The van der Waals surface area contributed by atoms with Crippen LogP contribution in [0.5, 0.6) is 34.5 Å². The van der Waals surface area contributed by atoms with E-state index in [1.807, 2.05) is 34.6 Å². The molecule has 0 saturated carbocycles. The molecule has 0 radical (unpaired) electrons. The zero-order valence-electron chi connectivity index (χ0n) is 28.0. The monoisotopic (exact) mass is 681 g/mol. The Morgan fingerprint density at radius 3 is 2.12 bits per heavy atom. The fourth-order valence-corrected chi connectivity index (χ4v) is 8.22. The van der Waals surface area contributed by atoms with Crippen molar-refractivity contribution in [1.29, 1.82) is 0 Å². The Morgan fingerprint density at radius 2 is 1.50 bits per heavy atom. The normalized spacial score (nSPS) is 23.4. The Balaban J connectivity index is 1.05. The van der Waals surface area contributed by atoms with E-state index in [1.54, 1.807) is 30.3 Å². The van der Waals surface area contributed by atoms with Gasteiger partial charge in [0.05, 0.1) is 12.2 Å². The minimum Gasteiger partial charge on any atom is -0.508 e. The van der Waals surface area contributed by atoms with E-state index < -0.39 is 46.3 Å². The number of benzene rings is 4. The van der Waals surface area contributed by atoms with Crippen LogP contribution in [0.4, 0.5) is 5.69 Å². The molecule has 12 nitrogen and oxygen atoms in total. The second kappa shape index (κ2) is 10.4. The highest BCUT2D eigenvalue weighted by Crippen LogP contribution is 2.69. The molecule has 4 aliphatic rings. The van der Waals surface area contributed by atoms with Crippen molar-refractivity contribution in [3.05, 3.63) is 101 Å². The van der Waals surface area contributed by atoms with Crippen LogP contribution in [0.2, 0.25) is 0 Å². The molecule has 0 aliphatic carbocycles. The number of aromatic hydroxyl groups is 3. The minimum atomic E-state index is -1.42. The zero-order valence-corrected chi connectivity index (χ0v) is 28.0. The highest BCUT2D eigenvalue weighted by atomic mass is 17.3. The van der Waals surface area contributed by atoms with Gasteiger partial charge in [-0.1, -0.05) is 40.7 Å². The lowest BCUT2D eigenvalue weighted by atomic mass is 9.57. The minimum absolute atomic E-state index is 0.0480. The molecule has 0 bridgehead atoms. The van der Waals surface area contributed by atoms with Crippen LogP contribution in [-0.4, -0.2) is 46.0 Å². The summed E-state index contributed by atoms with van der Waals surface area (Å²) >= 11 is 0. The molecule has 1 amide bonds. The van der Waals surface area contributed by atoms with E-state index in [-0.39, 0.29) is 40.1 Å². The van der Waals surface area contributed by atoms with Gasteiger partial charge in [0.15, 0.2) is 17.8 Å². The number of phenolic OH excluding ortho intramolecular Hbond substituents is 3. The Labute approximate surface area is 287 Å². The van der Waals surface area contributed by atoms with E-state index in [4.69, 9.17) is 28.7 Å². The number of ether oxygens (including phenoxy) is 4. The highest BCUT2D eigenvalue weighted by Gasteiger charge is 2.81. The topological polar surface area (TPSA) is 162 Å². The van der Waals surface area contributed by atoms with Crippen molar-refractivity contribution in [2.75, 3.05) is 18.5 Å². The number of phenols is 3. The summed E-state index contributed by atoms with van der Waals surface area (Å²) in [5.41, 5.74) is -0.642. The summed E-state index contributed by atoms with van der Waals surface area (Å²) < 4.78 is 24.2. The molecule has 2 atom stereocenters. The molecular formula is C38H35NO11. The number of esters is 1. The second-order valence-corrected chi connectivity index (χ2v) is 14.7. The summed E-state index contributed by atoms with van der Waals surface area (Å²) in [6.07, 6.45) is 0. The van der Waals surface area contributed by atoms with Crippen molar-refractivity contribution in [3.8, 4) is 34.5 Å². The van der Waals surface area contributed by atoms with Crippen molar-refractivity contribution in [1.82, 2.24) is 0 Å². The van der Waals surface area contributed by atoms with Crippen molar-refractivity contribution in [3.63, 3.8) is 0 Å². The van der Waals surface area contributed by atoms with Crippen LogP contribution in [-0.2, 0) is 35.4 Å². The summed E-state index contributed by atoms with van der Waals surface area (Å²) in [6.45, 7) is 10.2. The van der Waals surface area contributed by atoms with Gasteiger partial charge >= 0.3 is 5.97 Å². The summed E-state index contributed by atoms with van der Waals surface area (Å²) in [5, 5.41) is 33.7. The number of amides is 1. The van der Waals surface area contributed by atoms with E-state index in [2.05, 4.69) is 5.32 Å². The fourth-order valence-electron chi connectivity index (χ4n) is 8.22. The van der Waals surface area contributed by atoms with Gasteiger partial charge in [0, 0.05) is 57.0 Å². The number of carbonyl (C=O) groups excluding carboxylic acids is 2. The summed E-state index contributed by atoms with van der Waals surface area (Å²) in [6, 6.07) is 18.4. The summed E-state index contributed by atoms with van der Waals surface area (Å²) in [7, 11) is 0. The number of hydrogen-bond acceptors (Lipinski definition) is 11. The van der Waals surface area contributed by atoms with Gasteiger partial charge in [-0.05, 0) is 48.5 Å². The first kappa shape index (κ1) is 31.9. The fraction of sp³-hybridized carbons (Fsp3) is 0.316. The Kier molecular flexibility index (Phi) is 6.62. The standard InChI is InChI=1S/C38H35NO11/c1-34(2,3)38-35(4,5)19-46-37(38,49-50-38)20-12-24(42)15-25(13-20)45-18-32(43)39-21-6-9-27-26(14-21)33(44)48-36(27)28-10-7-22(40)16-30(28)47-31-17-23(41)8-11-29(31)36/h6-17,40-42H,18-19H2,1-5H3,(H,39,43). The third-order valence-corrected chi connectivity index (χ3v) is 10.1. The zero-order chi connectivity index (χ0) is 35.4. The van der Waals surface area contributed by atoms with Gasteiger partial charge in [-0.2, -0.15) is 4.89 Å². The van der Waals surface area contributed by atoms with Gasteiger partial charge in [-0.15, -0.1) is 0 Å². The van der Waals surface area contributed by atoms with Crippen LogP contribution in [0.25, 0.3) is 0 Å². The van der Waals surface area contributed by atoms with Crippen LogP contribution >= 0.6 is 0 Å². The first-order valence-corrected chi connectivity index (χ1v) is 16.1. The molecular weight excluding hydrogens is 646 g/mol. The predicted octanol–water partition coefficient (Wildman–Crippen LogP) is 6.34. The quantitative estimate of drug-likeness (QED) is 0.137. The number of carbonyl (C=O) groups is 2. The maximum Gasteiger partial charge on any atom is 0.340 e. The van der Waals surface area contributed by atoms with E-state index in [0.717, 1.165) is 0 Å². The lowest BCUT2D eigenvalue weighted by molar-refractivity contribution is -0.626. The molecule has 4 aromatic rings. The van der Waals surface area contributed by atoms with Gasteiger partial charge in [-0.25, -0.2) is 9.68 Å². The summed E-state index contributed by atoms with van der Waals surface area (Å²) in [4.78, 5) is 38.1. The molecule has 258 valence electrons. The number of hydrogen-bond donors (Lipinski definition) is 4. The van der Waals surface area contributed by atoms with Crippen molar-refractivity contribution in [2.24, 2.45) is 10.8 Å². The number of anilines is 1. The molecule has 2 unspecified atom stereocenters. The van der Waals surface area contributed by atoms with Crippen molar-refractivity contribution >= 4 is 17.6 Å². The molecule has 12 heteroatoms. The molecule has 2 saturated heterocycles. The molecule has 8 rings (SSSR count). The Bertz CT molecular complexity index is 2070. The largest absolute Gasteiger partial charge is 0.508 e. The molecule has 0 aromatic heterocycles. The van der Waals surface area contributed by atoms with Gasteiger partial charge < -0.3 is 39.6 Å². The molecule has 50 heavy (non-hydrogen) atoms. The first-order valence-electron chi connectivity index (χ1n) is 16.1. The first-order chi connectivity index (χ1) is 23.6. The number of nitrogens with one attached hydrogen (secondary N) is 1. The van der Waals surface area contributed by atoms with Crippen LogP contribution < -0.4 is 14.8 Å². The molecule has 1 spiro atoms. The molecule has 4 N–H and O–H groups in total. The number of rotatable bonds is 5. The Morgan fingerprint density at radius 1 is 0.840 bits per heavy atom. The average molecular weight is 682 g/mol. The third-order valence-electron chi connectivity index (χ3n) is 10.1. The van der Waals surface area contributed by atoms with E-state index in [9.17, 15) is 24.9 Å². The second-order valence-electron chi connectivity index (χ2n) is 14.7. The van der Waals surface area contributed by atoms with E-state index in [1.165, 1.54) is 42.5 Å². The van der Waals surface area contributed by atoms with Crippen LogP contribution in [0.1, 0.15) is 67.2 Å². The van der Waals surface area contributed by atoms with E-state index >= 15 is 0 Å². The SMILES string of the molecule is CC(C)(C)C12OOC1(c1cc(O)cc(OCC(=O)Nc3ccc4c(c3)C(=O)OC43c4ccc(O)cc4Oc4cc(O)ccc43)c1)OCC2(C)C. The van der Waals surface area contributed by atoms with Gasteiger partial charge in [-0.3, -0.25) is 4.79 Å². The molecule has 2 fully saturated rings. The van der Waals surface area contributed by atoms with Gasteiger partial charge in [0.2, 0.25) is 0 Å². The molecule has 4 aromatic carbocycles. The van der Waals surface area contributed by atoms with Crippen LogP contribution in [0.3, 0.4) is 0 Å². The lowest BCUT2D eigenvalue weighted by Gasteiger charge is -2.61. The van der Waals surface area contributed by atoms with E-state index in [0.29, 0.717) is 34.5 Å². The van der Waals surface area contributed by atoms with Gasteiger partial charge in [0.25, 0.3) is 11.7 Å².